The summed E-state index contributed by atoms with van der Waals surface area (Å²) in [5.74, 6) is -0.510. The van der Waals surface area contributed by atoms with Crippen LogP contribution in [-0.4, -0.2) is 10.8 Å². The summed E-state index contributed by atoms with van der Waals surface area (Å²) in [5.41, 5.74) is 0.650. The van der Waals surface area contributed by atoms with Crippen molar-refractivity contribution in [1.29, 1.82) is 0 Å². The van der Waals surface area contributed by atoms with Gasteiger partial charge in [-0.3, -0.25) is 14.9 Å². The summed E-state index contributed by atoms with van der Waals surface area (Å²) < 4.78 is 0. The topological polar surface area (TPSA) is 72.2 Å². The summed E-state index contributed by atoms with van der Waals surface area (Å²) in [6.45, 7) is 1.81. The molecule has 1 aromatic carbocycles. The van der Waals surface area contributed by atoms with Crippen LogP contribution in [0.3, 0.4) is 0 Å². The number of carbonyl (C=O) groups excluding carboxylic acids is 1. The first-order valence-corrected chi connectivity index (χ1v) is 7.56. The van der Waals surface area contributed by atoms with E-state index in [1.165, 1.54) is 11.3 Å². The Balaban J connectivity index is 2.28. The molecule has 8 heteroatoms. The highest BCUT2D eigenvalue weighted by Crippen LogP contribution is 2.31. The van der Waals surface area contributed by atoms with Crippen molar-refractivity contribution in [2.24, 2.45) is 0 Å². The van der Waals surface area contributed by atoms with E-state index in [0.29, 0.717) is 0 Å². The third-order valence-corrected chi connectivity index (χ3v) is 4.36. The molecule has 0 saturated heterocycles. The van der Waals surface area contributed by atoms with Crippen LogP contribution < -0.4 is 5.32 Å². The van der Waals surface area contributed by atoms with Gasteiger partial charge in [0.1, 0.15) is 0 Å². The predicted octanol–water partition coefficient (Wildman–Crippen LogP) is 4.45. The number of thiophene rings is 1. The molecule has 21 heavy (non-hydrogen) atoms. The van der Waals surface area contributed by atoms with Crippen LogP contribution in [-0.2, 0) is 0 Å². The molecule has 110 valence electrons. The summed E-state index contributed by atoms with van der Waals surface area (Å²) in [6.07, 6.45) is 0. The molecule has 1 heterocycles. The van der Waals surface area contributed by atoms with Crippen molar-refractivity contribution in [1.82, 2.24) is 5.32 Å². The number of nitrogens with one attached hydrogen (secondary N) is 1. The Labute approximate surface area is 134 Å². The molecule has 0 radical (unpaired) electrons. The largest absolute Gasteiger partial charge is 0.345 e. The molecule has 0 aliphatic heterocycles. The highest BCUT2D eigenvalue weighted by Gasteiger charge is 2.21. The summed E-state index contributed by atoms with van der Waals surface area (Å²) >= 11 is 13.3. The number of nitrogens with zero attached hydrogens (tertiary/aromatic N) is 1. The minimum atomic E-state index is -0.624. The van der Waals surface area contributed by atoms with Crippen LogP contribution in [0.5, 0.6) is 0 Å². The van der Waals surface area contributed by atoms with Crippen LogP contribution >= 0.6 is 34.5 Å². The fourth-order valence-corrected chi connectivity index (χ4v) is 2.89. The molecule has 0 saturated carbocycles. The maximum Gasteiger partial charge on any atom is 0.271 e. The van der Waals surface area contributed by atoms with E-state index < -0.39 is 10.8 Å². The Kier molecular flexibility index (Phi) is 4.82. The van der Waals surface area contributed by atoms with Gasteiger partial charge in [-0.15, -0.1) is 0 Å². The maximum absolute atomic E-state index is 12.2. The average molecular weight is 345 g/mol. The van der Waals surface area contributed by atoms with Gasteiger partial charge in [0.2, 0.25) is 0 Å². The number of hydrogen-bond acceptors (Lipinski definition) is 4. The van der Waals surface area contributed by atoms with Crippen molar-refractivity contribution in [2.75, 3.05) is 0 Å². The van der Waals surface area contributed by atoms with Crippen molar-refractivity contribution in [3.05, 3.63) is 60.2 Å². The number of nitro groups is 1. The fourth-order valence-electron chi connectivity index (χ4n) is 1.72. The highest BCUT2D eigenvalue weighted by atomic mass is 35.5. The van der Waals surface area contributed by atoms with Gasteiger partial charge in [0.05, 0.1) is 26.6 Å². The van der Waals surface area contributed by atoms with Gasteiger partial charge in [-0.2, -0.15) is 11.3 Å². The van der Waals surface area contributed by atoms with E-state index in [2.05, 4.69) is 5.32 Å². The lowest BCUT2D eigenvalue weighted by atomic mass is 10.1. The van der Waals surface area contributed by atoms with Gasteiger partial charge < -0.3 is 5.32 Å². The maximum atomic E-state index is 12.2. The summed E-state index contributed by atoms with van der Waals surface area (Å²) in [7, 11) is 0. The molecule has 2 rings (SSSR count). The second-order valence-corrected chi connectivity index (χ2v) is 5.86. The zero-order valence-electron chi connectivity index (χ0n) is 10.8. The standard InChI is InChI=1S/C13H10Cl2N2O3S/c1-7(8-2-3-21-6-8)16-13(18)10-4-9(17(19)20)5-11(14)12(10)15/h2-7H,1H3,(H,16,18). The van der Waals surface area contributed by atoms with Gasteiger partial charge >= 0.3 is 0 Å². The first-order chi connectivity index (χ1) is 9.90. The molecule has 0 bridgehead atoms. The van der Waals surface area contributed by atoms with Gasteiger partial charge in [0.25, 0.3) is 11.6 Å². The molecule has 2 aromatic rings. The first-order valence-electron chi connectivity index (χ1n) is 5.86. The number of benzene rings is 1. The third-order valence-electron chi connectivity index (χ3n) is 2.86. The van der Waals surface area contributed by atoms with E-state index in [4.69, 9.17) is 23.2 Å². The summed E-state index contributed by atoms with van der Waals surface area (Å²) in [5, 5.41) is 17.3. The molecule has 1 aromatic heterocycles. The number of hydrogen-bond donors (Lipinski definition) is 1. The Hall–Kier alpha value is -1.63. The number of carbonyl (C=O) groups is 1. The van der Waals surface area contributed by atoms with Crippen molar-refractivity contribution < 1.29 is 9.72 Å². The summed E-state index contributed by atoms with van der Waals surface area (Å²) in [4.78, 5) is 22.4. The molecule has 0 aliphatic rings. The van der Waals surface area contributed by atoms with Crippen LogP contribution in [0.25, 0.3) is 0 Å². The van der Waals surface area contributed by atoms with Crippen LogP contribution in [0.1, 0.15) is 28.9 Å². The Morgan fingerprint density at radius 3 is 2.71 bits per heavy atom. The van der Waals surface area contributed by atoms with Gasteiger partial charge in [-0.1, -0.05) is 23.2 Å². The Morgan fingerprint density at radius 1 is 1.43 bits per heavy atom. The fraction of sp³-hybridized carbons (Fsp3) is 0.154. The lowest BCUT2D eigenvalue weighted by molar-refractivity contribution is -0.384. The second kappa shape index (κ2) is 6.43. The first kappa shape index (κ1) is 15.8. The van der Waals surface area contributed by atoms with E-state index in [9.17, 15) is 14.9 Å². The van der Waals surface area contributed by atoms with Crippen molar-refractivity contribution in [3.63, 3.8) is 0 Å². The SMILES string of the molecule is CC(NC(=O)c1cc([N+](=O)[O-])cc(Cl)c1Cl)c1ccsc1. The third kappa shape index (κ3) is 3.53. The average Bonchev–Trinajstić information content (AvgIpc) is 2.95. The quantitative estimate of drug-likeness (QED) is 0.657. The van der Waals surface area contributed by atoms with Gasteiger partial charge in [-0.05, 0) is 29.3 Å². The van der Waals surface area contributed by atoms with E-state index in [1.807, 2.05) is 23.8 Å². The van der Waals surface area contributed by atoms with Gasteiger partial charge in [0.15, 0.2) is 0 Å². The molecule has 1 N–H and O–H groups in total. The molecular weight excluding hydrogens is 335 g/mol. The number of amides is 1. The highest BCUT2D eigenvalue weighted by molar-refractivity contribution is 7.08. The lowest BCUT2D eigenvalue weighted by Gasteiger charge is -2.13. The monoisotopic (exact) mass is 344 g/mol. The number of halogens is 2. The molecule has 1 unspecified atom stereocenters. The van der Waals surface area contributed by atoms with Crippen molar-refractivity contribution >= 4 is 46.1 Å². The number of rotatable bonds is 4. The van der Waals surface area contributed by atoms with Crippen LogP contribution in [0.4, 0.5) is 5.69 Å². The van der Waals surface area contributed by atoms with E-state index in [-0.39, 0.29) is 27.3 Å². The Morgan fingerprint density at radius 2 is 2.14 bits per heavy atom. The van der Waals surface area contributed by atoms with E-state index in [1.54, 1.807) is 0 Å². The van der Waals surface area contributed by atoms with Crippen LogP contribution in [0, 0.1) is 10.1 Å². The Bertz CT molecular complexity index is 689. The van der Waals surface area contributed by atoms with E-state index >= 15 is 0 Å². The normalized spacial score (nSPS) is 12.0. The molecule has 1 atom stereocenters. The molecule has 0 spiro atoms. The zero-order chi connectivity index (χ0) is 15.6. The van der Waals surface area contributed by atoms with Gasteiger partial charge in [0, 0.05) is 12.1 Å². The smallest absolute Gasteiger partial charge is 0.271 e. The molecule has 0 aliphatic carbocycles. The van der Waals surface area contributed by atoms with Crippen LogP contribution in [0.15, 0.2) is 29.0 Å². The minimum Gasteiger partial charge on any atom is -0.345 e. The lowest BCUT2D eigenvalue weighted by Crippen LogP contribution is -2.26. The minimum absolute atomic E-state index is 0.00251. The molecule has 5 nitrogen and oxygen atoms in total. The molecule has 1 amide bonds. The van der Waals surface area contributed by atoms with Crippen molar-refractivity contribution in [3.8, 4) is 0 Å². The van der Waals surface area contributed by atoms with E-state index in [0.717, 1.165) is 17.7 Å². The zero-order valence-corrected chi connectivity index (χ0v) is 13.1. The number of non-ortho nitro benzene ring substituents is 1. The van der Waals surface area contributed by atoms with Crippen molar-refractivity contribution in [2.45, 2.75) is 13.0 Å². The van der Waals surface area contributed by atoms with Gasteiger partial charge in [-0.25, -0.2) is 0 Å². The number of nitro benzene ring substituents is 1. The summed E-state index contributed by atoms with van der Waals surface area (Å²) in [6, 6.07) is 3.88. The molecular formula is C13H10Cl2N2O3S. The van der Waals surface area contributed by atoms with Crippen LogP contribution in [0.2, 0.25) is 10.0 Å². The predicted molar refractivity (Wildman–Crippen MR) is 83.3 cm³/mol. The molecule has 0 fully saturated rings. The second-order valence-electron chi connectivity index (χ2n) is 4.30.